The molecule has 0 bridgehead atoms. The molecular formula is C18H30N6O2. The molecule has 8 nitrogen and oxygen atoms in total. The number of amides is 2. The van der Waals surface area contributed by atoms with Crippen LogP contribution in [0.15, 0.2) is 18.5 Å². The molecule has 0 aromatic carbocycles. The maximum absolute atomic E-state index is 12.4. The van der Waals surface area contributed by atoms with Gasteiger partial charge in [0.2, 0.25) is 5.95 Å². The van der Waals surface area contributed by atoms with Crippen LogP contribution in [-0.4, -0.2) is 90.9 Å². The summed E-state index contributed by atoms with van der Waals surface area (Å²) in [7, 11) is 0. The Hall–Kier alpha value is -1.93. The molecule has 1 atom stereocenters. The van der Waals surface area contributed by atoms with Crippen LogP contribution in [0, 0.1) is 5.92 Å². The van der Waals surface area contributed by atoms with Crippen LogP contribution < -0.4 is 10.2 Å². The molecule has 2 fully saturated rings. The second-order valence-corrected chi connectivity index (χ2v) is 7.36. The van der Waals surface area contributed by atoms with Gasteiger partial charge in [0, 0.05) is 64.8 Å². The van der Waals surface area contributed by atoms with E-state index in [1.807, 2.05) is 11.0 Å². The normalized spacial score (nSPS) is 21.9. The van der Waals surface area contributed by atoms with Crippen molar-refractivity contribution in [2.45, 2.75) is 20.0 Å². The van der Waals surface area contributed by atoms with Gasteiger partial charge >= 0.3 is 6.03 Å². The van der Waals surface area contributed by atoms with Gasteiger partial charge in [-0.2, -0.15) is 0 Å². The number of hydrogen-bond acceptors (Lipinski definition) is 6. The Morgan fingerprint density at radius 3 is 2.65 bits per heavy atom. The zero-order chi connectivity index (χ0) is 18.4. The van der Waals surface area contributed by atoms with Crippen molar-refractivity contribution in [2.75, 3.05) is 63.9 Å². The van der Waals surface area contributed by atoms with Crippen molar-refractivity contribution in [3.63, 3.8) is 0 Å². The maximum Gasteiger partial charge on any atom is 0.317 e. The Morgan fingerprint density at radius 2 is 1.96 bits per heavy atom. The summed E-state index contributed by atoms with van der Waals surface area (Å²) in [5.41, 5.74) is 0. The van der Waals surface area contributed by atoms with Crippen molar-refractivity contribution < 1.29 is 9.53 Å². The van der Waals surface area contributed by atoms with Gasteiger partial charge in [0.15, 0.2) is 0 Å². The predicted octanol–water partition coefficient (Wildman–Crippen LogP) is 0.665. The van der Waals surface area contributed by atoms with E-state index in [-0.39, 0.29) is 12.1 Å². The molecule has 0 spiro atoms. The molecule has 8 heteroatoms. The molecule has 1 N–H and O–H groups in total. The summed E-state index contributed by atoms with van der Waals surface area (Å²) in [6, 6.07) is 1.80. The van der Waals surface area contributed by atoms with E-state index in [9.17, 15) is 4.79 Å². The van der Waals surface area contributed by atoms with Gasteiger partial charge in [-0.1, -0.05) is 13.8 Å². The molecule has 0 radical (unpaired) electrons. The van der Waals surface area contributed by atoms with Crippen molar-refractivity contribution >= 4 is 12.0 Å². The highest BCUT2D eigenvalue weighted by Gasteiger charge is 2.25. The fraction of sp³-hybridized carbons (Fsp3) is 0.722. The second-order valence-electron chi connectivity index (χ2n) is 7.36. The average molecular weight is 362 g/mol. The minimum Gasteiger partial charge on any atom is -0.374 e. The summed E-state index contributed by atoms with van der Waals surface area (Å²) in [5, 5.41) is 3.04. The molecule has 2 saturated heterocycles. The second kappa shape index (κ2) is 9.14. The van der Waals surface area contributed by atoms with E-state index in [0.29, 0.717) is 25.6 Å². The predicted molar refractivity (Wildman–Crippen MR) is 100 cm³/mol. The lowest BCUT2D eigenvalue weighted by Gasteiger charge is -2.36. The number of carbonyl (C=O) groups excluding carboxylic acids is 1. The quantitative estimate of drug-likeness (QED) is 0.830. The number of ether oxygens (including phenoxy) is 1. The van der Waals surface area contributed by atoms with E-state index in [2.05, 4.69) is 38.9 Å². The summed E-state index contributed by atoms with van der Waals surface area (Å²) in [6.07, 6.45) is 3.56. The summed E-state index contributed by atoms with van der Waals surface area (Å²) in [6.45, 7) is 11.6. The lowest BCUT2D eigenvalue weighted by atomic mass is 10.2. The van der Waals surface area contributed by atoms with Gasteiger partial charge in [-0.25, -0.2) is 14.8 Å². The first-order valence-electron chi connectivity index (χ1n) is 9.50. The number of urea groups is 1. The molecule has 3 rings (SSSR count). The Labute approximate surface area is 155 Å². The molecule has 0 saturated carbocycles. The number of rotatable bonds is 5. The summed E-state index contributed by atoms with van der Waals surface area (Å²) >= 11 is 0. The number of hydrogen-bond donors (Lipinski definition) is 1. The van der Waals surface area contributed by atoms with Crippen molar-refractivity contribution in [1.29, 1.82) is 0 Å². The van der Waals surface area contributed by atoms with E-state index in [1.165, 1.54) is 0 Å². The molecule has 1 aromatic rings. The largest absolute Gasteiger partial charge is 0.374 e. The van der Waals surface area contributed by atoms with Gasteiger partial charge in [0.25, 0.3) is 0 Å². The number of morpholine rings is 1. The molecule has 0 aliphatic carbocycles. The van der Waals surface area contributed by atoms with E-state index < -0.39 is 0 Å². The molecule has 1 aromatic heterocycles. The van der Waals surface area contributed by atoms with Crippen LogP contribution in [-0.2, 0) is 4.74 Å². The van der Waals surface area contributed by atoms with Gasteiger partial charge in [0.1, 0.15) is 0 Å². The SMILES string of the molecule is CC(C)CN1CCOC(CNC(=O)N2CCN(c3ncccn3)CC2)C1. The Balaban J connectivity index is 1.39. The number of aromatic nitrogens is 2. The first-order chi connectivity index (χ1) is 12.6. The number of nitrogens with zero attached hydrogens (tertiary/aromatic N) is 5. The van der Waals surface area contributed by atoms with Crippen LogP contribution in [0.4, 0.5) is 10.7 Å². The van der Waals surface area contributed by atoms with Gasteiger partial charge < -0.3 is 19.9 Å². The monoisotopic (exact) mass is 362 g/mol. The molecule has 2 amide bonds. The maximum atomic E-state index is 12.4. The van der Waals surface area contributed by atoms with Crippen LogP contribution in [0.3, 0.4) is 0 Å². The fourth-order valence-electron chi connectivity index (χ4n) is 3.46. The number of nitrogens with one attached hydrogen (secondary N) is 1. The third kappa shape index (κ3) is 5.28. The Kier molecular flexibility index (Phi) is 6.62. The molecule has 144 valence electrons. The lowest BCUT2D eigenvalue weighted by molar-refractivity contribution is -0.0294. The minimum absolute atomic E-state index is 0.0109. The van der Waals surface area contributed by atoms with Gasteiger partial charge in [-0.15, -0.1) is 0 Å². The van der Waals surface area contributed by atoms with E-state index in [1.54, 1.807) is 12.4 Å². The zero-order valence-corrected chi connectivity index (χ0v) is 15.8. The van der Waals surface area contributed by atoms with E-state index >= 15 is 0 Å². The molecule has 2 aliphatic rings. The van der Waals surface area contributed by atoms with Crippen molar-refractivity contribution in [2.24, 2.45) is 5.92 Å². The highest BCUT2D eigenvalue weighted by Crippen LogP contribution is 2.10. The van der Waals surface area contributed by atoms with Crippen LogP contribution in [0.25, 0.3) is 0 Å². The van der Waals surface area contributed by atoms with Crippen LogP contribution in [0.2, 0.25) is 0 Å². The summed E-state index contributed by atoms with van der Waals surface area (Å²) in [4.78, 5) is 27.4. The lowest BCUT2D eigenvalue weighted by Crippen LogP contribution is -2.54. The first kappa shape index (κ1) is 18.8. The topological polar surface area (TPSA) is 73.8 Å². The highest BCUT2D eigenvalue weighted by molar-refractivity contribution is 5.74. The summed E-state index contributed by atoms with van der Waals surface area (Å²) in [5.74, 6) is 1.38. The van der Waals surface area contributed by atoms with Gasteiger partial charge in [0.05, 0.1) is 12.7 Å². The van der Waals surface area contributed by atoms with Crippen LogP contribution in [0.5, 0.6) is 0 Å². The number of anilines is 1. The molecule has 1 unspecified atom stereocenters. The third-order valence-corrected chi connectivity index (χ3v) is 4.73. The highest BCUT2D eigenvalue weighted by atomic mass is 16.5. The first-order valence-corrected chi connectivity index (χ1v) is 9.50. The van der Waals surface area contributed by atoms with Gasteiger partial charge in [-0.05, 0) is 12.0 Å². The fourth-order valence-corrected chi connectivity index (χ4v) is 3.46. The molecule has 2 aliphatic heterocycles. The molecule has 3 heterocycles. The van der Waals surface area contributed by atoms with E-state index in [4.69, 9.17) is 4.74 Å². The Morgan fingerprint density at radius 1 is 1.23 bits per heavy atom. The van der Waals surface area contributed by atoms with Crippen LogP contribution >= 0.6 is 0 Å². The zero-order valence-electron chi connectivity index (χ0n) is 15.8. The van der Waals surface area contributed by atoms with E-state index in [0.717, 1.165) is 45.3 Å². The third-order valence-electron chi connectivity index (χ3n) is 4.73. The number of piperazine rings is 1. The smallest absolute Gasteiger partial charge is 0.317 e. The van der Waals surface area contributed by atoms with Gasteiger partial charge in [-0.3, -0.25) is 4.90 Å². The molecular weight excluding hydrogens is 332 g/mol. The average Bonchev–Trinajstić information content (AvgIpc) is 2.67. The van der Waals surface area contributed by atoms with Crippen molar-refractivity contribution in [3.05, 3.63) is 18.5 Å². The minimum atomic E-state index is -0.0109. The Bertz CT molecular complexity index is 562. The standard InChI is InChI=1S/C18H30N6O2/c1-15(2)13-22-10-11-26-16(14-22)12-21-18(25)24-8-6-23(7-9-24)17-19-4-3-5-20-17/h3-5,15-16H,6-14H2,1-2H3,(H,21,25). The van der Waals surface area contributed by atoms with Crippen LogP contribution in [0.1, 0.15) is 13.8 Å². The number of carbonyl (C=O) groups is 1. The molecule has 26 heavy (non-hydrogen) atoms. The summed E-state index contributed by atoms with van der Waals surface area (Å²) < 4.78 is 5.80. The van der Waals surface area contributed by atoms with Crippen molar-refractivity contribution in [1.82, 2.24) is 25.1 Å². The van der Waals surface area contributed by atoms with Crippen molar-refractivity contribution in [3.8, 4) is 0 Å².